The first-order valence-corrected chi connectivity index (χ1v) is 11.6. The Bertz CT molecular complexity index is 829. The van der Waals surface area contributed by atoms with E-state index in [1.807, 2.05) is 67.8 Å². The molecule has 1 aromatic rings. The number of alkyl halides is 4. The highest BCUT2D eigenvalue weighted by Gasteiger charge is 2.38. The van der Waals surface area contributed by atoms with Crippen LogP contribution in [0.2, 0.25) is 0 Å². The highest BCUT2D eigenvalue weighted by Crippen LogP contribution is 2.30. The Labute approximate surface area is 193 Å². The molecule has 7 nitrogen and oxygen atoms in total. The highest BCUT2D eigenvalue weighted by atomic mass is 127. The second kappa shape index (κ2) is 10.2. The molecular weight excluding hydrogens is 736 g/mol. The summed E-state index contributed by atoms with van der Waals surface area (Å²) in [7, 11) is -5.65. The van der Waals surface area contributed by atoms with Gasteiger partial charge in [0, 0.05) is 3.57 Å². The van der Waals surface area contributed by atoms with E-state index < -0.39 is 44.5 Å². The second-order valence-electron chi connectivity index (χ2n) is 4.71. The highest BCUT2D eigenvalue weighted by molar-refractivity contribution is 14.1. The van der Waals surface area contributed by atoms with Crippen molar-refractivity contribution in [1.29, 1.82) is 0 Å². The predicted molar refractivity (Wildman–Crippen MR) is 114 cm³/mol. The second-order valence-corrected chi connectivity index (χ2v) is 10.7. The molecule has 0 radical (unpaired) electrons. The minimum absolute atomic E-state index is 0.0469. The lowest BCUT2D eigenvalue weighted by atomic mass is 10.2. The Morgan fingerprint density at radius 2 is 1.85 bits per heavy atom. The minimum Gasteiger partial charge on any atom is -0.538 e. The van der Waals surface area contributed by atoms with Crippen LogP contribution in [0.4, 0.5) is 13.2 Å². The standard InChI is InChI=1S/C13H10F3I3NO6S/c1-6(17)11(21)26-10-8(4-7(18)5-9(10)19)12(22)25-3-2-20-27(23,24)13(14,15)16/h4-6H,2-3H2,1H3/q-1. The van der Waals surface area contributed by atoms with Crippen molar-refractivity contribution in [2.75, 3.05) is 13.2 Å². The van der Waals surface area contributed by atoms with Gasteiger partial charge in [-0.2, -0.15) is 13.2 Å². The number of sulfonamides is 1. The summed E-state index contributed by atoms with van der Waals surface area (Å²) < 4.78 is 71.2. The van der Waals surface area contributed by atoms with Gasteiger partial charge in [-0.05, 0) is 64.2 Å². The first-order valence-electron chi connectivity index (χ1n) is 6.78. The van der Waals surface area contributed by atoms with E-state index in [0.29, 0.717) is 7.14 Å². The van der Waals surface area contributed by atoms with Gasteiger partial charge >= 0.3 is 17.4 Å². The van der Waals surface area contributed by atoms with Crippen LogP contribution in [0.15, 0.2) is 12.1 Å². The summed E-state index contributed by atoms with van der Waals surface area (Å²) in [4.78, 5) is 24.0. The molecule has 0 aromatic heterocycles. The maximum Gasteiger partial charge on any atom is 0.480 e. The normalized spacial score (nSPS) is 13.1. The van der Waals surface area contributed by atoms with Crippen molar-refractivity contribution >= 4 is 89.7 Å². The van der Waals surface area contributed by atoms with Gasteiger partial charge in [0.15, 0.2) is 15.8 Å². The maximum absolute atomic E-state index is 12.2. The van der Waals surface area contributed by atoms with Crippen molar-refractivity contribution in [3.05, 3.63) is 29.6 Å². The van der Waals surface area contributed by atoms with E-state index in [0.717, 1.165) is 0 Å². The molecule has 27 heavy (non-hydrogen) atoms. The number of rotatable bonds is 7. The molecule has 0 aliphatic heterocycles. The fourth-order valence-electron chi connectivity index (χ4n) is 1.44. The summed E-state index contributed by atoms with van der Waals surface area (Å²) in [6.07, 6.45) is 0. The van der Waals surface area contributed by atoms with Crippen LogP contribution in [0.3, 0.4) is 0 Å². The van der Waals surface area contributed by atoms with Crippen molar-refractivity contribution in [1.82, 2.24) is 0 Å². The van der Waals surface area contributed by atoms with E-state index >= 15 is 0 Å². The summed E-state index contributed by atoms with van der Waals surface area (Å²) >= 11 is 5.59. The molecule has 0 amide bonds. The molecule has 0 aliphatic carbocycles. The van der Waals surface area contributed by atoms with Crippen LogP contribution in [-0.4, -0.2) is 42.9 Å². The zero-order valence-corrected chi connectivity index (χ0v) is 20.5. The molecule has 0 saturated carbocycles. The molecule has 1 aromatic carbocycles. The number of hydrogen-bond donors (Lipinski definition) is 0. The minimum atomic E-state index is -5.65. The third-order valence-electron chi connectivity index (χ3n) is 2.63. The van der Waals surface area contributed by atoms with E-state index in [-0.39, 0.29) is 11.3 Å². The van der Waals surface area contributed by atoms with Crippen LogP contribution in [-0.2, 0) is 19.6 Å². The zero-order chi connectivity index (χ0) is 21.0. The van der Waals surface area contributed by atoms with E-state index in [4.69, 9.17) is 9.47 Å². The van der Waals surface area contributed by atoms with Crippen LogP contribution in [0.1, 0.15) is 17.3 Å². The molecule has 14 heteroatoms. The fourth-order valence-corrected chi connectivity index (χ4v) is 3.99. The summed E-state index contributed by atoms with van der Waals surface area (Å²) in [5.74, 6) is -1.64. The molecule has 0 saturated heterocycles. The smallest absolute Gasteiger partial charge is 0.480 e. The van der Waals surface area contributed by atoms with Gasteiger partial charge < -0.3 is 14.2 Å². The molecular formula is C13H10F3I3NO6S-. The van der Waals surface area contributed by atoms with E-state index in [9.17, 15) is 31.2 Å². The van der Waals surface area contributed by atoms with Gasteiger partial charge in [-0.25, -0.2) is 13.2 Å². The van der Waals surface area contributed by atoms with Crippen LogP contribution in [0.5, 0.6) is 5.75 Å². The summed E-state index contributed by atoms with van der Waals surface area (Å²) in [6, 6.07) is 3.01. The largest absolute Gasteiger partial charge is 0.538 e. The predicted octanol–water partition coefficient (Wildman–Crippen LogP) is 4.00. The lowest BCUT2D eigenvalue weighted by Crippen LogP contribution is -2.23. The van der Waals surface area contributed by atoms with Crippen molar-refractivity contribution in [2.24, 2.45) is 0 Å². The average molecular weight is 746 g/mol. The molecule has 152 valence electrons. The first-order chi connectivity index (χ1) is 12.3. The lowest BCUT2D eigenvalue weighted by Gasteiger charge is -2.21. The molecule has 0 fully saturated rings. The van der Waals surface area contributed by atoms with Crippen LogP contribution < -0.4 is 4.74 Å². The Kier molecular flexibility index (Phi) is 9.47. The van der Waals surface area contributed by atoms with Crippen LogP contribution in [0, 0.1) is 7.14 Å². The number of benzene rings is 1. The van der Waals surface area contributed by atoms with Gasteiger partial charge in [-0.3, -0.25) is 4.79 Å². The van der Waals surface area contributed by atoms with Crippen molar-refractivity contribution in [3.63, 3.8) is 0 Å². The number of hydrogen-bond acceptors (Lipinski definition) is 6. The Morgan fingerprint density at radius 1 is 1.26 bits per heavy atom. The quantitative estimate of drug-likeness (QED) is 0.138. The molecule has 0 N–H and O–H groups in total. The molecule has 1 rings (SSSR count). The van der Waals surface area contributed by atoms with Gasteiger partial charge in [-0.15, -0.1) is 6.54 Å². The summed E-state index contributed by atoms with van der Waals surface area (Å²) in [5.41, 5.74) is -5.63. The van der Waals surface area contributed by atoms with Crippen LogP contribution >= 0.6 is 67.8 Å². The van der Waals surface area contributed by atoms with Crippen molar-refractivity contribution in [3.8, 4) is 5.75 Å². The maximum atomic E-state index is 12.2. The molecule has 0 aliphatic rings. The molecule has 0 heterocycles. The zero-order valence-electron chi connectivity index (χ0n) is 13.2. The summed E-state index contributed by atoms with van der Waals surface area (Å²) in [5, 5.41) is 0. The molecule has 1 unspecified atom stereocenters. The lowest BCUT2D eigenvalue weighted by molar-refractivity contribution is -0.133. The SMILES string of the molecule is CC(I)C(=O)Oc1c(I)cc(I)cc1C(=O)OCC[N-]S(=O)(=O)C(F)(F)F. The van der Waals surface area contributed by atoms with Crippen LogP contribution in [0.25, 0.3) is 4.72 Å². The number of carbonyl (C=O) groups is 2. The molecule has 1 atom stereocenters. The Balaban J connectivity index is 2.87. The Morgan fingerprint density at radius 3 is 2.37 bits per heavy atom. The number of esters is 2. The van der Waals surface area contributed by atoms with E-state index in [2.05, 4.69) is 4.72 Å². The van der Waals surface area contributed by atoms with Crippen molar-refractivity contribution in [2.45, 2.75) is 16.4 Å². The van der Waals surface area contributed by atoms with E-state index in [1.165, 1.54) is 6.07 Å². The summed E-state index contributed by atoms with van der Waals surface area (Å²) in [6.45, 7) is -0.0101. The topological polar surface area (TPSA) is 101 Å². The van der Waals surface area contributed by atoms with E-state index in [1.54, 1.807) is 13.0 Å². The number of carbonyl (C=O) groups excluding carboxylic acids is 2. The van der Waals surface area contributed by atoms with Gasteiger partial charge in [0.05, 0.1) is 10.2 Å². The Hall–Kier alpha value is 0.0500. The van der Waals surface area contributed by atoms with Gasteiger partial charge in [-0.1, -0.05) is 22.6 Å². The monoisotopic (exact) mass is 746 g/mol. The molecule has 0 spiro atoms. The van der Waals surface area contributed by atoms with Gasteiger partial charge in [0.2, 0.25) is 0 Å². The fraction of sp³-hybridized carbons (Fsp3) is 0.385. The number of nitrogens with zero attached hydrogens (tertiary/aromatic N) is 1. The van der Waals surface area contributed by atoms with Gasteiger partial charge in [0.25, 0.3) is 0 Å². The van der Waals surface area contributed by atoms with Crippen molar-refractivity contribution < 1.29 is 40.7 Å². The number of halogens is 6. The third kappa shape index (κ3) is 7.42. The molecule has 0 bridgehead atoms. The third-order valence-corrected chi connectivity index (χ3v) is 5.67. The average Bonchev–Trinajstić information content (AvgIpc) is 2.52. The number of ether oxygens (including phenoxy) is 2. The first kappa shape index (κ1) is 25.1. The van der Waals surface area contributed by atoms with Gasteiger partial charge in [0.1, 0.15) is 9.49 Å².